The molecule has 0 saturated carbocycles. The van der Waals surface area contributed by atoms with E-state index in [0.29, 0.717) is 0 Å². The third-order valence-electron chi connectivity index (χ3n) is 3.44. The second kappa shape index (κ2) is 13.2. The van der Waals surface area contributed by atoms with Gasteiger partial charge in [0.05, 0.1) is 6.10 Å². The molecule has 0 saturated heterocycles. The van der Waals surface area contributed by atoms with Gasteiger partial charge >= 0.3 is 5.97 Å². The van der Waals surface area contributed by atoms with Crippen LogP contribution in [0.2, 0.25) is 0 Å². The quantitative estimate of drug-likeness (QED) is 0.257. The Hall–Kier alpha value is -0.790. The van der Waals surface area contributed by atoms with Gasteiger partial charge in [-0.05, 0) is 33.6 Å². The van der Waals surface area contributed by atoms with Crippen molar-refractivity contribution in [3.8, 4) is 0 Å². The summed E-state index contributed by atoms with van der Waals surface area (Å²) in [5.41, 5.74) is 0.991. The minimum atomic E-state index is -0.201. The summed E-state index contributed by atoms with van der Waals surface area (Å²) >= 11 is 0. The first-order valence-corrected chi connectivity index (χ1v) is 8.41. The summed E-state index contributed by atoms with van der Waals surface area (Å²) in [6.45, 7) is 8.06. The Balaban J connectivity index is 3.37. The summed E-state index contributed by atoms with van der Waals surface area (Å²) in [5.74, 6) is -0.201. The second-order valence-corrected chi connectivity index (χ2v) is 6.09. The predicted octanol–water partition coefficient (Wildman–Crippen LogP) is 5.81. The van der Waals surface area contributed by atoms with Gasteiger partial charge in [0.2, 0.25) is 0 Å². The van der Waals surface area contributed by atoms with Gasteiger partial charge in [0.15, 0.2) is 0 Å². The van der Waals surface area contributed by atoms with Gasteiger partial charge in [0.25, 0.3) is 0 Å². The van der Waals surface area contributed by atoms with Crippen molar-refractivity contribution in [2.24, 2.45) is 0 Å². The maximum Gasteiger partial charge on any atom is 0.330 e. The minimum absolute atomic E-state index is 0.0441. The molecule has 0 rings (SSSR count). The van der Waals surface area contributed by atoms with Crippen LogP contribution in [0.1, 0.15) is 91.9 Å². The minimum Gasteiger partial charge on any atom is -0.460 e. The highest BCUT2D eigenvalue weighted by molar-refractivity contribution is 5.82. The molecule has 2 heteroatoms. The lowest BCUT2D eigenvalue weighted by molar-refractivity contribution is -0.142. The third-order valence-corrected chi connectivity index (χ3v) is 3.44. The van der Waals surface area contributed by atoms with Crippen LogP contribution in [0.5, 0.6) is 0 Å². The van der Waals surface area contributed by atoms with E-state index in [1.165, 1.54) is 51.4 Å². The Morgan fingerprint density at radius 1 is 0.950 bits per heavy atom. The smallest absolute Gasteiger partial charge is 0.330 e. The van der Waals surface area contributed by atoms with Gasteiger partial charge in [-0.1, -0.05) is 63.9 Å². The number of ether oxygens (including phenoxy) is 1. The monoisotopic (exact) mass is 282 g/mol. The Labute approximate surface area is 126 Å². The van der Waals surface area contributed by atoms with Crippen LogP contribution in [-0.2, 0) is 9.53 Å². The molecule has 0 spiro atoms. The maximum atomic E-state index is 11.4. The van der Waals surface area contributed by atoms with E-state index in [1.54, 1.807) is 6.08 Å². The Bertz CT molecular complexity index is 265. The summed E-state index contributed by atoms with van der Waals surface area (Å²) in [6.07, 6.45) is 14.6. The Morgan fingerprint density at radius 2 is 1.45 bits per heavy atom. The molecular weight excluding hydrogens is 248 g/mol. The van der Waals surface area contributed by atoms with Gasteiger partial charge < -0.3 is 4.74 Å². The standard InChI is InChI=1S/C18H34O2/c1-5-6-7-8-9-10-11-12-13-14-17(4)20-18(19)15-16(2)3/h15,17H,5-14H2,1-4H3. The molecule has 0 radical (unpaired) electrons. The van der Waals surface area contributed by atoms with Crippen molar-refractivity contribution in [1.29, 1.82) is 0 Å². The molecule has 1 atom stereocenters. The molecule has 0 heterocycles. The summed E-state index contributed by atoms with van der Waals surface area (Å²) in [4.78, 5) is 11.4. The molecule has 0 aliphatic heterocycles. The molecule has 0 fully saturated rings. The normalized spacial score (nSPS) is 12.0. The fourth-order valence-electron chi connectivity index (χ4n) is 2.27. The molecule has 0 bridgehead atoms. The number of hydrogen-bond donors (Lipinski definition) is 0. The topological polar surface area (TPSA) is 26.3 Å². The zero-order valence-corrected chi connectivity index (χ0v) is 14.0. The zero-order valence-electron chi connectivity index (χ0n) is 14.0. The molecule has 1 unspecified atom stereocenters. The van der Waals surface area contributed by atoms with Crippen LogP contribution in [0.4, 0.5) is 0 Å². The second-order valence-electron chi connectivity index (χ2n) is 6.09. The van der Waals surface area contributed by atoms with E-state index in [-0.39, 0.29) is 12.1 Å². The van der Waals surface area contributed by atoms with Crippen LogP contribution in [-0.4, -0.2) is 12.1 Å². The zero-order chi connectivity index (χ0) is 15.2. The molecule has 0 aromatic carbocycles. The van der Waals surface area contributed by atoms with Crippen molar-refractivity contribution in [1.82, 2.24) is 0 Å². The third kappa shape index (κ3) is 13.6. The molecule has 2 nitrogen and oxygen atoms in total. The molecular formula is C18H34O2. The first-order valence-electron chi connectivity index (χ1n) is 8.41. The highest BCUT2D eigenvalue weighted by Gasteiger charge is 2.06. The molecule has 20 heavy (non-hydrogen) atoms. The van der Waals surface area contributed by atoms with Crippen molar-refractivity contribution in [3.05, 3.63) is 11.6 Å². The van der Waals surface area contributed by atoms with Crippen molar-refractivity contribution >= 4 is 5.97 Å². The number of esters is 1. The van der Waals surface area contributed by atoms with Crippen molar-refractivity contribution in [3.63, 3.8) is 0 Å². The van der Waals surface area contributed by atoms with Gasteiger partial charge in [-0.15, -0.1) is 0 Å². The van der Waals surface area contributed by atoms with Crippen LogP contribution in [0.25, 0.3) is 0 Å². The predicted molar refractivity (Wildman–Crippen MR) is 86.8 cm³/mol. The number of carbonyl (C=O) groups is 1. The first-order chi connectivity index (χ1) is 9.56. The molecule has 0 N–H and O–H groups in total. The average Bonchev–Trinajstić information content (AvgIpc) is 2.35. The lowest BCUT2D eigenvalue weighted by Gasteiger charge is -2.11. The van der Waals surface area contributed by atoms with Crippen molar-refractivity contribution < 1.29 is 9.53 Å². The van der Waals surface area contributed by atoms with Crippen molar-refractivity contribution in [2.45, 2.75) is 98.0 Å². The lowest BCUT2D eigenvalue weighted by Crippen LogP contribution is -2.13. The van der Waals surface area contributed by atoms with Gasteiger partial charge in [0, 0.05) is 6.08 Å². The average molecular weight is 282 g/mol. The van der Waals surface area contributed by atoms with Gasteiger partial charge in [0.1, 0.15) is 0 Å². The number of rotatable bonds is 12. The molecule has 0 amide bonds. The number of unbranched alkanes of at least 4 members (excludes halogenated alkanes) is 8. The van der Waals surface area contributed by atoms with E-state index in [1.807, 2.05) is 20.8 Å². The maximum absolute atomic E-state index is 11.4. The van der Waals surface area contributed by atoms with E-state index in [2.05, 4.69) is 6.92 Å². The van der Waals surface area contributed by atoms with Crippen LogP contribution < -0.4 is 0 Å². The summed E-state index contributed by atoms with van der Waals surface area (Å²) < 4.78 is 5.32. The molecule has 0 aromatic rings. The fraction of sp³-hybridized carbons (Fsp3) is 0.833. The van der Waals surface area contributed by atoms with Crippen molar-refractivity contribution in [2.75, 3.05) is 0 Å². The van der Waals surface area contributed by atoms with Crippen LogP contribution >= 0.6 is 0 Å². The van der Waals surface area contributed by atoms with Crippen LogP contribution in [0.15, 0.2) is 11.6 Å². The fourth-order valence-corrected chi connectivity index (χ4v) is 2.27. The highest BCUT2D eigenvalue weighted by atomic mass is 16.5. The van der Waals surface area contributed by atoms with E-state index in [9.17, 15) is 4.79 Å². The van der Waals surface area contributed by atoms with Gasteiger partial charge in [-0.25, -0.2) is 4.79 Å². The molecule has 0 aliphatic carbocycles. The number of hydrogen-bond acceptors (Lipinski definition) is 2. The molecule has 0 aliphatic rings. The molecule has 0 aromatic heterocycles. The largest absolute Gasteiger partial charge is 0.460 e. The number of allylic oxidation sites excluding steroid dienone is 1. The van der Waals surface area contributed by atoms with Gasteiger partial charge in [-0.3, -0.25) is 0 Å². The summed E-state index contributed by atoms with van der Waals surface area (Å²) in [7, 11) is 0. The SMILES string of the molecule is CCCCCCCCCCCC(C)OC(=O)C=C(C)C. The van der Waals surface area contributed by atoms with Crippen LogP contribution in [0, 0.1) is 0 Å². The molecule has 118 valence electrons. The summed E-state index contributed by atoms with van der Waals surface area (Å²) in [5, 5.41) is 0. The highest BCUT2D eigenvalue weighted by Crippen LogP contribution is 2.12. The lowest BCUT2D eigenvalue weighted by atomic mass is 10.1. The van der Waals surface area contributed by atoms with Crippen LogP contribution in [0.3, 0.4) is 0 Å². The first kappa shape index (κ1) is 19.2. The van der Waals surface area contributed by atoms with E-state index >= 15 is 0 Å². The Kier molecular flexibility index (Phi) is 12.7. The number of carbonyl (C=O) groups excluding carboxylic acids is 1. The van der Waals surface area contributed by atoms with E-state index in [4.69, 9.17) is 4.74 Å². The van der Waals surface area contributed by atoms with Gasteiger partial charge in [-0.2, -0.15) is 0 Å². The Morgan fingerprint density at radius 3 is 1.95 bits per heavy atom. The van der Waals surface area contributed by atoms with E-state index < -0.39 is 0 Å². The summed E-state index contributed by atoms with van der Waals surface area (Å²) in [6, 6.07) is 0. The van der Waals surface area contributed by atoms with E-state index in [0.717, 1.165) is 18.4 Å².